The largest absolute Gasteiger partial charge is 0.495 e. The van der Waals surface area contributed by atoms with Crippen molar-refractivity contribution in [2.45, 2.75) is 6.54 Å². The number of carbonyl (C=O) groups excluding carboxylic acids is 1. The molecule has 1 aliphatic heterocycles. The first-order valence-corrected chi connectivity index (χ1v) is 10.9. The van der Waals surface area contributed by atoms with Crippen molar-refractivity contribution in [2.75, 3.05) is 48.9 Å². The van der Waals surface area contributed by atoms with Crippen LogP contribution in [0.2, 0.25) is 0 Å². The Hall–Kier alpha value is -3.98. The minimum absolute atomic E-state index is 0.108. The van der Waals surface area contributed by atoms with E-state index in [1.165, 1.54) is 7.11 Å². The molecule has 8 nitrogen and oxygen atoms in total. The molecule has 0 bridgehead atoms. The van der Waals surface area contributed by atoms with Gasteiger partial charge in [0.2, 0.25) is 11.9 Å². The third-order valence-corrected chi connectivity index (χ3v) is 5.40. The SMILES string of the molecule is C=CC(=O)Nc1cc(-c2nc(NCc3cccc(N4CCOCC4)c3)ncc2F)ccc1OC. The molecule has 2 N–H and O–H groups in total. The number of anilines is 3. The number of nitrogens with zero attached hydrogens (tertiary/aromatic N) is 3. The van der Waals surface area contributed by atoms with Crippen molar-refractivity contribution in [1.82, 2.24) is 9.97 Å². The first-order valence-electron chi connectivity index (χ1n) is 10.9. The summed E-state index contributed by atoms with van der Waals surface area (Å²) in [5.74, 6) is -0.251. The van der Waals surface area contributed by atoms with Crippen LogP contribution >= 0.6 is 0 Å². The topological polar surface area (TPSA) is 88.6 Å². The highest BCUT2D eigenvalue weighted by molar-refractivity contribution is 6.00. The number of nitrogens with one attached hydrogen (secondary N) is 2. The second-order valence-corrected chi connectivity index (χ2v) is 7.62. The summed E-state index contributed by atoms with van der Waals surface area (Å²) >= 11 is 0. The first-order chi connectivity index (χ1) is 16.6. The van der Waals surface area contributed by atoms with Crippen molar-refractivity contribution in [3.8, 4) is 17.0 Å². The predicted molar refractivity (Wildman–Crippen MR) is 130 cm³/mol. The highest BCUT2D eigenvalue weighted by atomic mass is 19.1. The number of benzene rings is 2. The fourth-order valence-electron chi connectivity index (χ4n) is 3.66. The van der Waals surface area contributed by atoms with E-state index >= 15 is 0 Å². The van der Waals surface area contributed by atoms with Gasteiger partial charge in [0.1, 0.15) is 11.4 Å². The Morgan fingerprint density at radius 2 is 2.09 bits per heavy atom. The molecule has 4 rings (SSSR count). The first kappa shape index (κ1) is 23.2. The summed E-state index contributed by atoms with van der Waals surface area (Å²) in [5, 5.41) is 5.83. The lowest BCUT2D eigenvalue weighted by Gasteiger charge is -2.29. The van der Waals surface area contributed by atoms with Crippen LogP contribution in [0.5, 0.6) is 5.75 Å². The summed E-state index contributed by atoms with van der Waals surface area (Å²) < 4.78 is 25.3. The third kappa shape index (κ3) is 5.49. The van der Waals surface area contributed by atoms with Gasteiger partial charge < -0.3 is 25.0 Å². The number of morpholine rings is 1. The Bertz CT molecular complexity index is 1180. The lowest BCUT2D eigenvalue weighted by Crippen LogP contribution is -2.36. The Kier molecular flexibility index (Phi) is 7.34. The number of carbonyl (C=O) groups is 1. The molecule has 1 saturated heterocycles. The standard InChI is InChI=1S/C25H26FN5O3/c1-3-23(32)29-21-14-18(7-8-22(21)33-2)24-20(26)16-28-25(30-24)27-15-17-5-4-6-19(13-17)31-9-11-34-12-10-31/h3-8,13-14,16H,1,9-12,15H2,2H3,(H,29,32)(H,27,28,30). The second kappa shape index (κ2) is 10.8. The minimum Gasteiger partial charge on any atom is -0.495 e. The molecule has 2 aromatic carbocycles. The Morgan fingerprint density at radius 1 is 1.26 bits per heavy atom. The number of ether oxygens (including phenoxy) is 2. The van der Waals surface area contributed by atoms with Crippen molar-refractivity contribution >= 4 is 23.2 Å². The van der Waals surface area contributed by atoms with Crippen LogP contribution in [0.1, 0.15) is 5.56 Å². The molecule has 1 aliphatic rings. The van der Waals surface area contributed by atoms with Gasteiger partial charge in [0.15, 0.2) is 5.82 Å². The van der Waals surface area contributed by atoms with E-state index in [2.05, 4.69) is 44.2 Å². The maximum absolute atomic E-state index is 14.6. The average molecular weight is 464 g/mol. The molecular weight excluding hydrogens is 437 g/mol. The van der Waals surface area contributed by atoms with Crippen LogP contribution in [0.3, 0.4) is 0 Å². The Morgan fingerprint density at radius 3 is 2.85 bits per heavy atom. The summed E-state index contributed by atoms with van der Waals surface area (Å²) in [7, 11) is 1.49. The van der Waals surface area contributed by atoms with E-state index in [0.717, 1.165) is 49.8 Å². The lowest BCUT2D eigenvalue weighted by atomic mass is 10.1. The maximum Gasteiger partial charge on any atom is 0.247 e. The Labute approximate surface area is 197 Å². The number of rotatable bonds is 8. The van der Waals surface area contributed by atoms with Crippen LogP contribution in [0, 0.1) is 5.82 Å². The fraction of sp³-hybridized carbons (Fsp3) is 0.240. The van der Waals surface area contributed by atoms with Crippen molar-refractivity contribution in [3.05, 3.63) is 72.7 Å². The molecule has 0 unspecified atom stereocenters. The van der Waals surface area contributed by atoms with E-state index in [0.29, 0.717) is 29.5 Å². The van der Waals surface area contributed by atoms with Gasteiger partial charge >= 0.3 is 0 Å². The van der Waals surface area contributed by atoms with E-state index in [1.807, 2.05) is 12.1 Å². The molecule has 0 atom stereocenters. The summed E-state index contributed by atoms with van der Waals surface area (Å²) in [4.78, 5) is 22.5. The molecular formula is C25H26FN5O3. The van der Waals surface area contributed by atoms with Gasteiger partial charge in [-0.1, -0.05) is 18.7 Å². The van der Waals surface area contributed by atoms with Crippen molar-refractivity contribution in [3.63, 3.8) is 0 Å². The van der Waals surface area contributed by atoms with E-state index in [4.69, 9.17) is 9.47 Å². The van der Waals surface area contributed by atoms with Gasteiger partial charge in [-0.15, -0.1) is 0 Å². The molecule has 9 heteroatoms. The second-order valence-electron chi connectivity index (χ2n) is 7.62. The van der Waals surface area contributed by atoms with Gasteiger partial charge in [0, 0.05) is 30.9 Å². The van der Waals surface area contributed by atoms with Gasteiger partial charge in [-0.3, -0.25) is 4.79 Å². The lowest BCUT2D eigenvalue weighted by molar-refractivity contribution is -0.111. The molecule has 1 fully saturated rings. The van der Waals surface area contributed by atoms with E-state index in [9.17, 15) is 9.18 Å². The molecule has 0 aliphatic carbocycles. The molecule has 3 aromatic rings. The quantitative estimate of drug-likeness (QED) is 0.491. The summed E-state index contributed by atoms with van der Waals surface area (Å²) in [5.41, 5.74) is 3.15. The van der Waals surface area contributed by atoms with Crippen LogP contribution in [0.4, 0.5) is 21.7 Å². The van der Waals surface area contributed by atoms with Crippen molar-refractivity contribution < 1.29 is 18.7 Å². The zero-order valence-corrected chi connectivity index (χ0v) is 18.9. The van der Waals surface area contributed by atoms with Crippen molar-refractivity contribution in [2.24, 2.45) is 0 Å². The van der Waals surface area contributed by atoms with Gasteiger partial charge in [-0.2, -0.15) is 0 Å². The van der Waals surface area contributed by atoms with E-state index in [1.54, 1.807) is 18.2 Å². The van der Waals surface area contributed by atoms with Crippen LogP contribution in [-0.2, 0) is 16.1 Å². The van der Waals surface area contributed by atoms with Crippen LogP contribution in [0.25, 0.3) is 11.3 Å². The number of hydrogen-bond donors (Lipinski definition) is 2. The molecule has 0 radical (unpaired) electrons. The number of methoxy groups -OCH3 is 1. The van der Waals surface area contributed by atoms with Crippen LogP contribution < -0.4 is 20.3 Å². The molecule has 176 valence electrons. The number of halogens is 1. The Balaban J connectivity index is 1.52. The molecule has 1 aromatic heterocycles. The van der Waals surface area contributed by atoms with E-state index < -0.39 is 11.7 Å². The number of aromatic nitrogens is 2. The summed E-state index contributed by atoms with van der Waals surface area (Å²) in [6.45, 7) is 7.09. The van der Waals surface area contributed by atoms with Crippen LogP contribution in [0.15, 0.2) is 61.3 Å². The normalized spacial score (nSPS) is 13.3. The summed E-state index contributed by atoms with van der Waals surface area (Å²) in [6, 6.07) is 13.1. The zero-order valence-electron chi connectivity index (χ0n) is 18.9. The number of hydrogen-bond acceptors (Lipinski definition) is 7. The molecule has 34 heavy (non-hydrogen) atoms. The third-order valence-electron chi connectivity index (χ3n) is 5.40. The highest BCUT2D eigenvalue weighted by Crippen LogP contribution is 2.31. The maximum atomic E-state index is 14.6. The monoisotopic (exact) mass is 463 g/mol. The van der Waals surface area contributed by atoms with Crippen LogP contribution in [-0.4, -0.2) is 49.3 Å². The molecule has 1 amide bonds. The molecule has 2 heterocycles. The van der Waals surface area contributed by atoms with Gasteiger partial charge in [-0.25, -0.2) is 14.4 Å². The van der Waals surface area contributed by atoms with Gasteiger partial charge in [-0.05, 0) is 42.0 Å². The van der Waals surface area contributed by atoms with Gasteiger partial charge in [0.25, 0.3) is 0 Å². The number of amides is 1. The van der Waals surface area contributed by atoms with Gasteiger partial charge in [0.05, 0.1) is 32.2 Å². The molecule has 0 spiro atoms. The van der Waals surface area contributed by atoms with E-state index in [-0.39, 0.29) is 5.69 Å². The average Bonchev–Trinajstić information content (AvgIpc) is 2.88. The highest BCUT2D eigenvalue weighted by Gasteiger charge is 2.14. The predicted octanol–water partition coefficient (Wildman–Crippen LogP) is 3.86. The summed E-state index contributed by atoms with van der Waals surface area (Å²) in [6.07, 6.45) is 2.27. The molecule has 0 saturated carbocycles. The fourth-order valence-corrected chi connectivity index (χ4v) is 3.66. The smallest absolute Gasteiger partial charge is 0.247 e. The zero-order chi connectivity index (χ0) is 23.9. The van der Waals surface area contributed by atoms with Crippen molar-refractivity contribution in [1.29, 1.82) is 0 Å². The minimum atomic E-state index is -0.578.